The minimum atomic E-state index is -2.52. The van der Waals surface area contributed by atoms with Crippen LogP contribution in [0.15, 0.2) is 10.8 Å². The fraction of sp³-hybridized carbons (Fsp3) is 0.778. The van der Waals surface area contributed by atoms with Crippen molar-refractivity contribution in [3.63, 3.8) is 0 Å². The molecule has 134 valence electrons. The van der Waals surface area contributed by atoms with Gasteiger partial charge in [-0.05, 0) is 35.4 Å². The zero-order valence-corrected chi connectivity index (χ0v) is 16.9. The van der Waals surface area contributed by atoms with Crippen LogP contribution in [0.4, 0.5) is 0 Å². The van der Waals surface area contributed by atoms with Gasteiger partial charge in [-0.25, -0.2) is 9.59 Å². The highest BCUT2D eigenvalue weighted by Gasteiger charge is 2.50. The van der Waals surface area contributed by atoms with Crippen molar-refractivity contribution >= 4 is 20.0 Å². The van der Waals surface area contributed by atoms with Gasteiger partial charge >= 0.3 is 11.9 Å². The molecule has 0 spiro atoms. The van der Waals surface area contributed by atoms with E-state index in [4.69, 9.17) is 0 Å². The minimum Gasteiger partial charge on any atom is -0.478 e. The summed E-state index contributed by atoms with van der Waals surface area (Å²) >= 11 is 0. The Kier molecular flexibility index (Phi) is 8.25. The largest absolute Gasteiger partial charge is 0.478 e. The summed E-state index contributed by atoms with van der Waals surface area (Å²) in [6.45, 7) is 16.4. The van der Waals surface area contributed by atoms with Gasteiger partial charge in [0, 0.05) is 10.8 Å². The second-order valence-electron chi connectivity index (χ2n) is 7.79. The van der Waals surface area contributed by atoms with Crippen LogP contribution in [0.3, 0.4) is 0 Å². The summed E-state index contributed by atoms with van der Waals surface area (Å²) in [4.78, 5) is 24.0. The lowest BCUT2D eigenvalue weighted by Gasteiger charge is -2.44. The fourth-order valence-corrected chi connectivity index (χ4v) is 11.1. The summed E-state index contributed by atoms with van der Waals surface area (Å²) in [5.74, 6) is -1.76. The van der Waals surface area contributed by atoms with E-state index in [9.17, 15) is 19.8 Å². The van der Waals surface area contributed by atoms with Crippen LogP contribution in [0.2, 0.25) is 16.6 Å². The maximum absolute atomic E-state index is 12.2. The van der Waals surface area contributed by atoms with Gasteiger partial charge in [-0.15, -0.1) is 0 Å². The van der Waals surface area contributed by atoms with Gasteiger partial charge in [0.1, 0.15) is 8.07 Å². The molecular weight excluding hydrogens is 308 g/mol. The highest BCUT2D eigenvalue weighted by molar-refractivity contribution is 6.93. The summed E-state index contributed by atoms with van der Waals surface area (Å²) in [5, 5.41) is 19.9. The first-order valence-corrected chi connectivity index (χ1v) is 10.8. The third-order valence-electron chi connectivity index (χ3n) is 5.04. The molecule has 0 aliphatic heterocycles. The highest BCUT2D eigenvalue weighted by atomic mass is 28.3. The Morgan fingerprint density at radius 2 is 1.17 bits per heavy atom. The fourth-order valence-electron chi connectivity index (χ4n) is 4.21. The molecule has 0 aliphatic carbocycles. The predicted octanol–water partition coefficient (Wildman–Crippen LogP) is 5.11. The van der Waals surface area contributed by atoms with Gasteiger partial charge < -0.3 is 10.2 Å². The molecule has 0 bridgehead atoms. The van der Waals surface area contributed by atoms with E-state index < -0.39 is 20.0 Å². The van der Waals surface area contributed by atoms with Crippen LogP contribution in [-0.4, -0.2) is 30.2 Å². The first-order valence-electron chi connectivity index (χ1n) is 8.60. The molecule has 0 heterocycles. The molecule has 0 aromatic rings. The lowest BCUT2D eigenvalue weighted by atomic mass is 10.0. The van der Waals surface area contributed by atoms with Crippen LogP contribution in [0.25, 0.3) is 0 Å². The van der Waals surface area contributed by atoms with E-state index >= 15 is 0 Å². The Bertz CT molecular complexity index is 440. The standard InChI is InChI=1S/C18H34O4Si/c1-11(2)9-10-15(17(19)20)16(18(21)22)23(12(3)4,13(5)6)14(7)8/h11-14H,9-10H2,1-8H3,(H,19,20)(H,21,22)/b16-15+. The van der Waals surface area contributed by atoms with E-state index in [0.717, 1.165) is 0 Å². The average Bonchev–Trinajstić information content (AvgIpc) is 2.35. The second kappa shape index (κ2) is 8.67. The van der Waals surface area contributed by atoms with Crippen molar-refractivity contribution in [3.8, 4) is 0 Å². The number of aliphatic carboxylic acids is 2. The van der Waals surface area contributed by atoms with E-state index in [0.29, 0.717) is 18.8 Å². The molecule has 2 N–H and O–H groups in total. The third-order valence-corrected chi connectivity index (χ3v) is 12.2. The molecule has 0 radical (unpaired) electrons. The van der Waals surface area contributed by atoms with Crippen LogP contribution in [0.1, 0.15) is 68.2 Å². The monoisotopic (exact) mass is 342 g/mol. The summed E-state index contributed by atoms with van der Waals surface area (Å²) in [5.41, 5.74) is 0.639. The Labute approximate surface area is 142 Å². The molecule has 0 atom stereocenters. The van der Waals surface area contributed by atoms with E-state index in [2.05, 4.69) is 41.5 Å². The molecule has 0 saturated carbocycles. The minimum absolute atomic E-state index is 0.133. The SMILES string of the molecule is CC(C)CC/C(C(=O)O)=C(/C(=O)O)[Si](C(C)C)(C(C)C)C(C)C. The molecule has 0 aliphatic rings. The van der Waals surface area contributed by atoms with E-state index in [1.165, 1.54) is 0 Å². The molecule has 0 unspecified atom stereocenters. The van der Waals surface area contributed by atoms with E-state index in [1.807, 2.05) is 13.8 Å². The van der Waals surface area contributed by atoms with Crippen LogP contribution >= 0.6 is 0 Å². The maximum atomic E-state index is 12.2. The molecule has 5 heteroatoms. The van der Waals surface area contributed by atoms with Gasteiger partial charge in [-0.1, -0.05) is 55.4 Å². The molecular formula is C18H34O4Si. The second-order valence-corrected chi connectivity index (χ2v) is 13.6. The summed E-state index contributed by atoms with van der Waals surface area (Å²) in [7, 11) is -2.52. The van der Waals surface area contributed by atoms with Gasteiger partial charge in [-0.2, -0.15) is 0 Å². The van der Waals surface area contributed by atoms with Gasteiger partial charge in [0.25, 0.3) is 0 Å². The molecule has 23 heavy (non-hydrogen) atoms. The predicted molar refractivity (Wildman–Crippen MR) is 97.4 cm³/mol. The Balaban J connectivity index is 6.60. The van der Waals surface area contributed by atoms with Crippen LogP contribution < -0.4 is 0 Å². The van der Waals surface area contributed by atoms with Crippen molar-refractivity contribution in [1.29, 1.82) is 0 Å². The average molecular weight is 343 g/mol. The summed E-state index contributed by atoms with van der Waals surface area (Å²) in [6, 6.07) is 0. The Morgan fingerprint density at radius 1 is 0.783 bits per heavy atom. The number of carboxylic acids is 2. The molecule has 0 aromatic carbocycles. The first kappa shape index (κ1) is 21.9. The molecule has 0 aromatic heterocycles. The lowest BCUT2D eigenvalue weighted by molar-refractivity contribution is -0.135. The topological polar surface area (TPSA) is 74.6 Å². The highest BCUT2D eigenvalue weighted by Crippen LogP contribution is 2.48. The molecule has 4 nitrogen and oxygen atoms in total. The normalized spacial score (nSPS) is 13.9. The summed E-state index contributed by atoms with van der Waals surface area (Å²) < 4.78 is 0. The lowest BCUT2D eigenvalue weighted by Crippen LogP contribution is -2.50. The van der Waals surface area contributed by atoms with Crippen LogP contribution in [0, 0.1) is 5.92 Å². The van der Waals surface area contributed by atoms with Crippen molar-refractivity contribution in [3.05, 3.63) is 10.8 Å². The van der Waals surface area contributed by atoms with Crippen molar-refractivity contribution in [2.24, 2.45) is 5.92 Å². The van der Waals surface area contributed by atoms with E-state index in [-0.39, 0.29) is 27.4 Å². The van der Waals surface area contributed by atoms with Crippen molar-refractivity contribution in [2.45, 2.75) is 84.9 Å². The van der Waals surface area contributed by atoms with Crippen molar-refractivity contribution in [1.82, 2.24) is 0 Å². The molecule has 0 saturated heterocycles. The molecule has 0 amide bonds. The number of hydrogen-bond donors (Lipinski definition) is 2. The van der Waals surface area contributed by atoms with Gasteiger partial charge in [-0.3, -0.25) is 0 Å². The number of rotatable bonds is 9. The molecule has 0 rings (SSSR count). The number of hydrogen-bond acceptors (Lipinski definition) is 2. The Hall–Kier alpha value is -1.10. The maximum Gasteiger partial charge on any atom is 0.331 e. The Morgan fingerprint density at radius 3 is 1.39 bits per heavy atom. The third kappa shape index (κ3) is 4.69. The number of carboxylic acid groups (broad SMARTS) is 2. The van der Waals surface area contributed by atoms with Gasteiger partial charge in [0.2, 0.25) is 0 Å². The quantitative estimate of drug-likeness (QED) is 0.451. The van der Waals surface area contributed by atoms with E-state index in [1.54, 1.807) is 0 Å². The van der Waals surface area contributed by atoms with Crippen molar-refractivity contribution in [2.75, 3.05) is 0 Å². The van der Waals surface area contributed by atoms with Crippen LogP contribution in [-0.2, 0) is 9.59 Å². The van der Waals surface area contributed by atoms with Crippen LogP contribution in [0.5, 0.6) is 0 Å². The zero-order valence-electron chi connectivity index (χ0n) is 15.9. The smallest absolute Gasteiger partial charge is 0.331 e. The van der Waals surface area contributed by atoms with Crippen molar-refractivity contribution < 1.29 is 19.8 Å². The molecule has 0 fully saturated rings. The number of carbonyl (C=O) groups is 2. The summed E-state index contributed by atoms with van der Waals surface area (Å²) in [6.07, 6.45) is 1.02. The van der Waals surface area contributed by atoms with Gasteiger partial charge in [0.15, 0.2) is 0 Å². The van der Waals surface area contributed by atoms with Gasteiger partial charge in [0.05, 0.1) is 0 Å². The first-order chi connectivity index (χ1) is 10.4. The zero-order chi connectivity index (χ0) is 18.5.